The molecule has 0 unspecified atom stereocenters. The fourth-order valence-corrected chi connectivity index (χ4v) is 3.80. The molecule has 10 heteroatoms. The number of carbonyl (C=O) groups is 1. The Kier molecular flexibility index (Phi) is 5.63. The summed E-state index contributed by atoms with van der Waals surface area (Å²) in [5.41, 5.74) is 1.21. The minimum Gasteiger partial charge on any atom is -0.301 e. The molecule has 0 radical (unpaired) electrons. The molecule has 0 atom stereocenters. The second-order valence-corrected chi connectivity index (χ2v) is 7.63. The fourth-order valence-electron chi connectivity index (χ4n) is 2.47. The Morgan fingerprint density at radius 1 is 1.14 bits per heavy atom. The molecule has 0 spiro atoms. The summed E-state index contributed by atoms with van der Waals surface area (Å²) in [7, 11) is 0. The van der Waals surface area contributed by atoms with Crippen LogP contribution < -0.4 is 5.32 Å². The van der Waals surface area contributed by atoms with Gasteiger partial charge in [0.2, 0.25) is 11.1 Å². The van der Waals surface area contributed by atoms with E-state index >= 15 is 0 Å². The summed E-state index contributed by atoms with van der Waals surface area (Å²) >= 11 is 2.30. The predicted octanol–water partition coefficient (Wildman–Crippen LogP) is 4.60. The van der Waals surface area contributed by atoms with Crippen LogP contribution in [0.4, 0.5) is 13.9 Å². The summed E-state index contributed by atoms with van der Waals surface area (Å²) in [4.78, 5) is 20.7. The molecule has 0 bridgehead atoms. The molecular weight excluding hydrogens is 416 g/mol. The van der Waals surface area contributed by atoms with Crippen LogP contribution in [-0.4, -0.2) is 31.8 Å². The molecule has 0 aliphatic heterocycles. The molecule has 2 heterocycles. The highest BCUT2D eigenvalue weighted by Crippen LogP contribution is 2.28. The van der Waals surface area contributed by atoms with Crippen molar-refractivity contribution in [3.05, 3.63) is 65.5 Å². The number of nitrogens with zero attached hydrogens (tertiary/aromatic N) is 3. The van der Waals surface area contributed by atoms with Crippen LogP contribution in [0.1, 0.15) is 0 Å². The number of thioether (sulfide) groups is 1. The SMILES string of the molecule is O=C(CSc1n[nH]c(-c2ccccc2)n1)Nc1nc(-c2cc(F)ccc2F)cs1. The van der Waals surface area contributed by atoms with Gasteiger partial charge in [-0.15, -0.1) is 16.4 Å². The highest BCUT2D eigenvalue weighted by Gasteiger charge is 2.13. The minimum atomic E-state index is -0.580. The molecule has 1 amide bonds. The molecule has 0 aliphatic carbocycles. The lowest BCUT2D eigenvalue weighted by molar-refractivity contribution is -0.113. The number of carbonyl (C=O) groups excluding carboxylic acids is 1. The van der Waals surface area contributed by atoms with Crippen molar-refractivity contribution >= 4 is 34.1 Å². The number of nitrogens with one attached hydrogen (secondary N) is 2. The lowest BCUT2D eigenvalue weighted by atomic mass is 10.1. The minimum absolute atomic E-state index is 0.0466. The van der Waals surface area contributed by atoms with Gasteiger partial charge in [0.05, 0.1) is 11.4 Å². The Morgan fingerprint density at radius 3 is 2.79 bits per heavy atom. The van der Waals surface area contributed by atoms with E-state index in [0.717, 1.165) is 35.1 Å². The maximum Gasteiger partial charge on any atom is 0.236 e. The number of hydrogen-bond donors (Lipinski definition) is 2. The van der Waals surface area contributed by atoms with Crippen LogP contribution in [0.3, 0.4) is 0 Å². The maximum atomic E-state index is 13.9. The van der Waals surface area contributed by atoms with Crippen molar-refractivity contribution in [3.63, 3.8) is 0 Å². The average Bonchev–Trinajstić information content (AvgIpc) is 3.39. The number of aromatic amines is 1. The van der Waals surface area contributed by atoms with Gasteiger partial charge in [-0.25, -0.2) is 18.7 Å². The van der Waals surface area contributed by atoms with E-state index in [1.165, 1.54) is 11.8 Å². The number of rotatable bonds is 6. The molecule has 6 nitrogen and oxygen atoms in total. The van der Waals surface area contributed by atoms with Gasteiger partial charge in [-0.05, 0) is 18.2 Å². The zero-order valence-corrected chi connectivity index (χ0v) is 16.4. The van der Waals surface area contributed by atoms with Gasteiger partial charge in [-0.1, -0.05) is 42.1 Å². The van der Waals surface area contributed by atoms with E-state index < -0.39 is 11.6 Å². The number of amides is 1. The zero-order valence-electron chi connectivity index (χ0n) is 14.7. The molecule has 146 valence electrons. The monoisotopic (exact) mass is 429 g/mol. The summed E-state index contributed by atoms with van der Waals surface area (Å²) in [5, 5.41) is 11.9. The molecule has 2 N–H and O–H groups in total. The van der Waals surface area contributed by atoms with Gasteiger partial charge in [0.15, 0.2) is 11.0 Å². The van der Waals surface area contributed by atoms with E-state index in [1.54, 1.807) is 5.38 Å². The Balaban J connectivity index is 1.35. The van der Waals surface area contributed by atoms with Gasteiger partial charge in [0.1, 0.15) is 11.6 Å². The van der Waals surface area contributed by atoms with Crippen LogP contribution in [0.2, 0.25) is 0 Å². The highest BCUT2D eigenvalue weighted by atomic mass is 32.2. The van der Waals surface area contributed by atoms with E-state index in [-0.39, 0.29) is 22.9 Å². The number of aromatic nitrogens is 4. The molecule has 29 heavy (non-hydrogen) atoms. The Morgan fingerprint density at radius 2 is 1.97 bits per heavy atom. The van der Waals surface area contributed by atoms with Gasteiger partial charge >= 0.3 is 0 Å². The summed E-state index contributed by atoms with van der Waals surface area (Å²) < 4.78 is 27.2. The van der Waals surface area contributed by atoms with Crippen LogP contribution in [-0.2, 0) is 4.79 Å². The molecule has 4 aromatic rings. The lowest BCUT2D eigenvalue weighted by Crippen LogP contribution is -2.13. The standard InChI is InChI=1S/C19H13F2N5OS2/c20-12-6-7-14(21)13(8-12)15-9-28-18(22-15)23-16(27)10-29-19-24-17(25-26-19)11-4-2-1-3-5-11/h1-9H,10H2,(H,22,23,27)(H,24,25,26). The molecule has 0 fully saturated rings. The van der Waals surface area contributed by atoms with Crippen LogP contribution >= 0.6 is 23.1 Å². The number of anilines is 1. The summed E-state index contributed by atoms with van der Waals surface area (Å²) in [6.45, 7) is 0. The van der Waals surface area contributed by atoms with Gasteiger partial charge in [-0.2, -0.15) is 0 Å². The van der Waals surface area contributed by atoms with Gasteiger partial charge in [0.25, 0.3) is 0 Å². The summed E-state index contributed by atoms with van der Waals surface area (Å²) in [6.07, 6.45) is 0. The number of hydrogen-bond acceptors (Lipinski definition) is 6. The van der Waals surface area contributed by atoms with E-state index in [0.29, 0.717) is 16.1 Å². The normalized spacial score (nSPS) is 10.8. The predicted molar refractivity (Wildman–Crippen MR) is 109 cm³/mol. The van der Waals surface area contributed by atoms with Crippen LogP contribution in [0, 0.1) is 11.6 Å². The van der Waals surface area contributed by atoms with Crippen LogP contribution in [0.25, 0.3) is 22.6 Å². The fraction of sp³-hybridized carbons (Fsp3) is 0.0526. The molecular formula is C19H13F2N5OS2. The molecule has 2 aromatic carbocycles. The number of thiazole rings is 1. The molecule has 0 aliphatic rings. The maximum absolute atomic E-state index is 13.9. The quantitative estimate of drug-likeness (QED) is 0.438. The molecule has 2 aromatic heterocycles. The van der Waals surface area contributed by atoms with Crippen molar-refractivity contribution in [2.24, 2.45) is 0 Å². The Hall–Kier alpha value is -3.11. The third-order valence-corrected chi connectivity index (χ3v) is 5.40. The third kappa shape index (κ3) is 4.66. The zero-order chi connectivity index (χ0) is 20.2. The van der Waals surface area contributed by atoms with Gasteiger partial charge in [0, 0.05) is 16.5 Å². The van der Waals surface area contributed by atoms with Crippen molar-refractivity contribution in [1.29, 1.82) is 0 Å². The van der Waals surface area contributed by atoms with E-state index in [1.807, 2.05) is 30.3 Å². The van der Waals surface area contributed by atoms with Crippen molar-refractivity contribution in [2.45, 2.75) is 5.16 Å². The third-order valence-electron chi connectivity index (χ3n) is 3.80. The first-order valence-electron chi connectivity index (χ1n) is 8.40. The summed E-state index contributed by atoms with van der Waals surface area (Å²) in [6, 6.07) is 12.7. The lowest BCUT2D eigenvalue weighted by Gasteiger charge is -2.01. The first kappa shape index (κ1) is 19.2. The number of benzene rings is 2. The molecule has 0 saturated heterocycles. The Labute approximate surface area is 172 Å². The second-order valence-electron chi connectivity index (χ2n) is 5.83. The van der Waals surface area contributed by atoms with Crippen LogP contribution in [0.5, 0.6) is 0 Å². The second kappa shape index (κ2) is 8.50. The average molecular weight is 429 g/mol. The van der Waals surface area contributed by atoms with Crippen molar-refractivity contribution in [1.82, 2.24) is 20.2 Å². The van der Waals surface area contributed by atoms with Crippen molar-refractivity contribution in [2.75, 3.05) is 11.1 Å². The number of H-pyrrole nitrogens is 1. The first-order chi connectivity index (χ1) is 14.1. The van der Waals surface area contributed by atoms with Gasteiger partial charge in [-0.3, -0.25) is 9.89 Å². The molecule has 4 rings (SSSR count). The topological polar surface area (TPSA) is 83.6 Å². The number of halogens is 2. The van der Waals surface area contributed by atoms with Crippen LogP contribution in [0.15, 0.2) is 59.1 Å². The largest absolute Gasteiger partial charge is 0.301 e. The highest BCUT2D eigenvalue weighted by molar-refractivity contribution is 7.99. The van der Waals surface area contributed by atoms with Crippen molar-refractivity contribution < 1.29 is 13.6 Å². The van der Waals surface area contributed by atoms with E-state index in [4.69, 9.17) is 0 Å². The summed E-state index contributed by atoms with van der Waals surface area (Å²) in [5.74, 6) is -0.742. The first-order valence-corrected chi connectivity index (χ1v) is 10.3. The van der Waals surface area contributed by atoms with Crippen molar-refractivity contribution in [3.8, 4) is 22.6 Å². The smallest absolute Gasteiger partial charge is 0.236 e. The Bertz CT molecular complexity index is 1150. The van der Waals surface area contributed by atoms with Gasteiger partial charge < -0.3 is 5.32 Å². The molecule has 0 saturated carbocycles. The van der Waals surface area contributed by atoms with E-state index in [2.05, 4.69) is 25.5 Å². The van der Waals surface area contributed by atoms with E-state index in [9.17, 15) is 13.6 Å².